The molecule has 24 heavy (non-hydrogen) atoms. The van der Waals surface area contributed by atoms with Gasteiger partial charge in [0.25, 0.3) is 0 Å². The van der Waals surface area contributed by atoms with Crippen molar-refractivity contribution in [3.8, 4) is 11.1 Å². The third kappa shape index (κ3) is 2.86. The number of aryl methyl sites for hydroxylation is 1. The zero-order valence-electron chi connectivity index (χ0n) is 14.4. The van der Waals surface area contributed by atoms with Crippen LogP contribution in [0.1, 0.15) is 54.6 Å². The Balaban J connectivity index is 2.19. The average molecular weight is 344 g/mol. The number of nitrogens with zero attached hydrogens (tertiary/aromatic N) is 1. The van der Waals surface area contributed by atoms with Crippen LogP contribution < -0.4 is 11.1 Å². The third-order valence-corrected chi connectivity index (χ3v) is 5.01. The van der Waals surface area contributed by atoms with Gasteiger partial charge in [0, 0.05) is 34.7 Å². The van der Waals surface area contributed by atoms with E-state index >= 15 is 0 Å². The van der Waals surface area contributed by atoms with Crippen molar-refractivity contribution in [2.24, 2.45) is 5.73 Å². The molecule has 1 aromatic carbocycles. The Labute approximate surface area is 147 Å². The monoisotopic (exact) mass is 343 g/mol. The van der Waals surface area contributed by atoms with E-state index in [-0.39, 0.29) is 5.54 Å². The summed E-state index contributed by atoms with van der Waals surface area (Å²) in [5.41, 5.74) is 10.9. The van der Waals surface area contributed by atoms with Crippen LogP contribution in [0.5, 0.6) is 0 Å². The van der Waals surface area contributed by atoms with Crippen molar-refractivity contribution in [2.45, 2.75) is 45.6 Å². The first-order valence-corrected chi connectivity index (χ1v) is 8.44. The minimum absolute atomic E-state index is 0.0372. The number of primary amides is 1. The SMILES string of the molecule is Cc1cc(-c2cncc(C(N)=O)c2)c(Cl)c2c1NC(C)(C)CC2C. The molecule has 0 fully saturated rings. The largest absolute Gasteiger partial charge is 0.380 e. The summed E-state index contributed by atoms with van der Waals surface area (Å²) in [4.78, 5) is 15.6. The zero-order valence-corrected chi connectivity index (χ0v) is 15.2. The van der Waals surface area contributed by atoms with Crippen LogP contribution >= 0.6 is 11.6 Å². The van der Waals surface area contributed by atoms with Gasteiger partial charge in [0.15, 0.2) is 0 Å². The molecule has 3 rings (SSSR count). The number of pyridine rings is 1. The number of halogens is 1. The number of benzene rings is 1. The maximum Gasteiger partial charge on any atom is 0.250 e. The number of carbonyl (C=O) groups excluding carboxylic acids is 1. The molecule has 126 valence electrons. The molecule has 0 aliphatic carbocycles. The normalized spacial score (nSPS) is 18.6. The van der Waals surface area contributed by atoms with Gasteiger partial charge in [-0.25, -0.2) is 0 Å². The first-order valence-electron chi connectivity index (χ1n) is 8.06. The van der Waals surface area contributed by atoms with Gasteiger partial charge < -0.3 is 11.1 Å². The van der Waals surface area contributed by atoms with Crippen LogP contribution in [0, 0.1) is 6.92 Å². The van der Waals surface area contributed by atoms with Crippen molar-refractivity contribution in [1.29, 1.82) is 0 Å². The molecular formula is C19H22ClN3O. The molecular weight excluding hydrogens is 322 g/mol. The summed E-state index contributed by atoms with van der Waals surface area (Å²) in [5, 5.41) is 4.33. The van der Waals surface area contributed by atoms with Crippen molar-refractivity contribution in [1.82, 2.24) is 4.98 Å². The van der Waals surface area contributed by atoms with E-state index in [4.69, 9.17) is 17.3 Å². The summed E-state index contributed by atoms with van der Waals surface area (Å²) >= 11 is 6.77. The Bertz CT molecular complexity index is 830. The van der Waals surface area contributed by atoms with E-state index < -0.39 is 5.91 Å². The van der Waals surface area contributed by atoms with Crippen molar-refractivity contribution in [3.05, 3.63) is 46.2 Å². The Morgan fingerprint density at radius 3 is 2.75 bits per heavy atom. The van der Waals surface area contributed by atoms with E-state index in [2.05, 4.69) is 38.0 Å². The number of anilines is 1. The minimum atomic E-state index is -0.494. The highest BCUT2D eigenvalue weighted by molar-refractivity contribution is 6.34. The lowest BCUT2D eigenvalue weighted by Crippen LogP contribution is -2.37. The number of hydrogen-bond donors (Lipinski definition) is 2. The molecule has 1 atom stereocenters. The van der Waals surface area contributed by atoms with E-state index in [9.17, 15) is 4.79 Å². The van der Waals surface area contributed by atoms with Crippen LogP contribution in [0.25, 0.3) is 11.1 Å². The summed E-state index contributed by atoms with van der Waals surface area (Å²) in [6, 6.07) is 3.79. The lowest BCUT2D eigenvalue weighted by atomic mass is 9.79. The van der Waals surface area contributed by atoms with Gasteiger partial charge >= 0.3 is 0 Å². The van der Waals surface area contributed by atoms with Crippen molar-refractivity contribution < 1.29 is 4.79 Å². The molecule has 1 unspecified atom stereocenters. The first-order chi connectivity index (χ1) is 11.2. The molecule has 2 aromatic rings. The van der Waals surface area contributed by atoms with E-state index in [1.54, 1.807) is 12.3 Å². The van der Waals surface area contributed by atoms with E-state index in [1.807, 2.05) is 6.07 Å². The van der Waals surface area contributed by atoms with Crippen molar-refractivity contribution >= 4 is 23.2 Å². The number of nitrogens with two attached hydrogens (primary N) is 1. The van der Waals surface area contributed by atoms with Gasteiger partial charge in [0.2, 0.25) is 5.91 Å². The second-order valence-electron chi connectivity index (χ2n) is 7.28. The van der Waals surface area contributed by atoms with Crippen LogP contribution in [0.3, 0.4) is 0 Å². The van der Waals surface area contributed by atoms with Gasteiger partial charge in [-0.15, -0.1) is 0 Å². The van der Waals surface area contributed by atoms with Crippen LogP contribution in [-0.4, -0.2) is 16.4 Å². The quantitative estimate of drug-likeness (QED) is 0.843. The zero-order chi connectivity index (χ0) is 17.6. The second-order valence-corrected chi connectivity index (χ2v) is 7.66. The summed E-state index contributed by atoms with van der Waals surface area (Å²) < 4.78 is 0. The summed E-state index contributed by atoms with van der Waals surface area (Å²) in [6.07, 6.45) is 4.18. The number of amides is 1. The summed E-state index contributed by atoms with van der Waals surface area (Å²) in [6.45, 7) is 8.68. The van der Waals surface area contributed by atoms with Gasteiger partial charge in [-0.2, -0.15) is 0 Å². The molecule has 1 aromatic heterocycles. The number of aromatic nitrogens is 1. The number of nitrogens with one attached hydrogen (secondary N) is 1. The van der Waals surface area contributed by atoms with E-state index in [0.29, 0.717) is 11.5 Å². The Morgan fingerprint density at radius 2 is 2.08 bits per heavy atom. The minimum Gasteiger partial charge on any atom is -0.380 e. The Morgan fingerprint density at radius 1 is 1.38 bits per heavy atom. The lowest BCUT2D eigenvalue weighted by Gasteiger charge is -2.39. The molecule has 0 saturated carbocycles. The van der Waals surface area contributed by atoms with Crippen LogP contribution in [0.2, 0.25) is 5.02 Å². The first kappa shape index (κ1) is 16.8. The highest BCUT2D eigenvalue weighted by Crippen LogP contribution is 2.47. The molecule has 0 spiro atoms. The second kappa shape index (κ2) is 5.78. The van der Waals surface area contributed by atoms with Gasteiger partial charge in [-0.1, -0.05) is 18.5 Å². The fraction of sp³-hybridized carbons (Fsp3) is 0.368. The predicted molar refractivity (Wildman–Crippen MR) is 98.7 cm³/mol. The average Bonchev–Trinajstić information content (AvgIpc) is 2.49. The molecule has 1 aliphatic heterocycles. The van der Waals surface area contributed by atoms with Crippen molar-refractivity contribution in [2.75, 3.05) is 5.32 Å². The topological polar surface area (TPSA) is 68.0 Å². The maximum absolute atomic E-state index is 11.4. The highest BCUT2D eigenvalue weighted by Gasteiger charge is 2.32. The van der Waals surface area contributed by atoms with E-state index in [0.717, 1.165) is 39.4 Å². The maximum atomic E-state index is 11.4. The van der Waals surface area contributed by atoms with Gasteiger partial charge in [-0.3, -0.25) is 9.78 Å². The Kier molecular flexibility index (Phi) is 4.04. The smallest absolute Gasteiger partial charge is 0.250 e. The molecule has 5 heteroatoms. The highest BCUT2D eigenvalue weighted by atomic mass is 35.5. The fourth-order valence-electron chi connectivity index (χ4n) is 3.64. The van der Waals surface area contributed by atoms with Crippen LogP contribution in [0.4, 0.5) is 5.69 Å². The van der Waals surface area contributed by atoms with Crippen LogP contribution in [-0.2, 0) is 0 Å². The van der Waals surface area contributed by atoms with Gasteiger partial charge in [-0.05, 0) is 56.4 Å². The molecule has 0 radical (unpaired) electrons. The molecule has 4 nitrogen and oxygen atoms in total. The number of rotatable bonds is 2. The molecule has 0 bridgehead atoms. The molecule has 0 saturated heterocycles. The standard InChI is InChI=1S/C19H22ClN3O/c1-10-5-14(12-6-13(18(21)24)9-22-8-12)16(20)15-11(2)7-19(3,4)23-17(10)15/h5-6,8-9,11,23H,7H2,1-4H3,(H2,21,24). The molecule has 3 N–H and O–H groups in total. The summed E-state index contributed by atoms with van der Waals surface area (Å²) in [5.74, 6) is -0.151. The fourth-order valence-corrected chi connectivity index (χ4v) is 4.08. The van der Waals surface area contributed by atoms with E-state index in [1.165, 1.54) is 6.20 Å². The number of hydrogen-bond acceptors (Lipinski definition) is 3. The predicted octanol–water partition coefficient (Wildman–Crippen LogP) is 4.51. The Hall–Kier alpha value is -2.07. The number of fused-ring (bicyclic) bond motifs is 1. The third-order valence-electron chi connectivity index (χ3n) is 4.60. The van der Waals surface area contributed by atoms with Crippen LogP contribution in [0.15, 0.2) is 24.5 Å². The van der Waals surface area contributed by atoms with Gasteiger partial charge in [0.1, 0.15) is 0 Å². The number of carbonyl (C=O) groups is 1. The van der Waals surface area contributed by atoms with Crippen molar-refractivity contribution in [3.63, 3.8) is 0 Å². The summed E-state index contributed by atoms with van der Waals surface area (Å²) in [7, 11) is 0. The van der Waals surface area contributed by atoms with Gasteiger partial charge in [0.05, 0.1) is 10.6 Å². The molecule has 1 amide bonds. The molecule has 2 heterocycles. The molecule has 1 aliphatic rings. The lowest BCUT2D eigenvalue weighted by molar-refractivity contribution is 0.1000.